The molecule has 1 aromatic heterocycles. The van der Waals surface area contributed by atoms with Crippen molar-refractivity contribution in [3.05, 3.63) is 16.9 Å². The van der Waals surface area contributed by atoms with Gasteiger partial charge in [0.1, 0.15) is 0 Å². The number of piperidine rings is 1. The average molecular weight is 285 g/mol. The van der Waals surface area contributed by atoms with Crippen LogP contribution >= 0.6 is 15.9 Å². The third kappa shape index (κ3) is 2.65. The molecule has 16 heavy (non-hydrogen) atoms. The Morgan fingerprint density at radius 1 is 1.56 bits per heavy atom. The minimum Gasteiger partial charge on any atom is -0.396 e. The van der Waals surface area contributed by atoms with Gasteiger partial charge in [-0.15, -0.1) is 0 Å². The van der Waals surface area contributed by atoms with Crippen molar-refractivity contribution in [3.63, 3.8) is 0 Å². The summed E-state index contributed by atoms with van der Waals surface area (Å²) in [6, 6.07) is 0.472. The van der Waals surface area contributed by atoms with E-state index in [4.69, 9.17) is 5.73 Å². The maximum absolute atomic E-state index is 5.90. The summed E-state index contributed by atoms with van der Waals surface area (Å²) in [6.45, 7) is 2.25. The van der Waals surface area contributed by atoms with Crippen LogP contribution in [-0.2, 0) is 0 Å². The first kappa shape index (κ1) is 11.7. The molecule has 0 saturated carbocycles. The number of anilines is 2. The maximum atomic E-state index is 5.90. The minimum atomic E-state index is 0.472. The number of hydrogen-bond donors (Lipinski definition) is 2. The quantitative estimate of drug-likeness (QED) is 0.872. The lowest BCUT2D eigenvalue weighted by Crippen LogP contribution is -2.39. The molecule has 1 atom stereocenters. The Hall–Kier alpha value is -0.810. The molecule has 5 heteroatoms. The van der Waals surface area contributed by atoms with Crippen LogP contribution in [0.5, 0.6) is 0 Å². The number of pyridine rings is 1. The fraction of sp³-hybridized carbons (Fsp3) is 0.545. The molecule has 1 unspecified atom stereocenters. The summed E-state index contributed by atoms with van der Waals surface area (Å²) in [5.41, 5.74) is 7.57. The fourth-order valence-electron chi connectivity index (χ4n) is 2.09. The first-order valence-corrected chi connectivity index (χ1v) is 6.30. The lowest BCUT2D eigenvalue weighted by atomic mass is 10.1. The predicted molar refractivity (Wildman–Crippen MR) is 70.5 cm³/mol. The molecule has 0 amide bonds. The Bertz CT molecular complexity index is 349. The molecule has 0 spiro atoms. The number of halogens is 1. The van der Waals surface area contributed by atoms with Crippen molar-refractivity contribution in [3.8, 4) is 0 Å². The molecule has 1 aromatic rings. The van der Waals surface area contributed by atoms with E-state index in [1.165, 1.54) is 19.4 Å². The van der Waals surface area contributed by atoms with Gasteiger partial charge >= 0.3 is 0 Å². The number of rotatable bonds is 2. The normalized spacial score (nSPS) is 22.0. The van der Waals surface area contributed by atoms with Gasteiger partial charge in [0.2, 0.25) is 0 Å². The Morgan fingerprint density at radius 3 is 3.06 bits per heavy atom. The van der Waals surface area contributed by atoms with Gasteiger partial charge in [-0.3, -0.25) is 4.98 Å². The Labute approximate surface area is 104 Å². The topological polar surface area (TPSA) is 54.2 Å². The first-order chi connectivity index (χ1) is 7.66. The summed E-state index contributed by atoms with van der Waals surface area (Å²) in [5, 5.41) is 3.49. The van der Waals surface area contributed by atoms with E-state index in [1.54, 1.807) is 12.4 Å². The second-order valence-electron chi connectivity index (χ2n) is 4.33. The van der Waals surface area contributed by atoms with Gasteiger partial charge in [0.05, 0.1) is 22.0 Å². The van der Waals surface area contributed by atoms with Crippen molar-refractivity contribution >= 4 is 27.3 Å². The van der Waals surface area contributed by atoms with Crippen LogP contribution in [0.3, 0.4) is 0 Å². The van der Waals surface area contributed by atoms with E-state index >= 15 is 0 Å². The zero-order valence-electron chi connectivity index (χ0n) is 9.41. The molecule has 0 aromatic carbocycles. The third-order valence-electron chi connectivity index (χ3n) is 2.90. The van der Waals surface area contributed by atoms with Crippen molar-refractivity contribution in [1.29, 1.82) is 0 Å². The second kappa shape index (κ2) is 5.01. The van der Waals surface area contributed by atoms with Gasteiger partial charge in [-0.2, -0.15) is 0 Å². The van der Waals surface area contributed by atoms with E-state index in [0.29, 0.717) is 11.7 Å². The van der Waals surface area contributed by atoms with Gasteiger partial charge in [-0.25, -0.2) is 0 Å². The number of nitrogens with two attached hydrogens (primary N) is 1. The Balaban J connectivity index is 2.08. The lowest BCUT2D eigenvalue weighted by molar-refractivity contribution is 0.261. The molecule has 1 saturated heterocycles. The summed E-state index contributed by atoms with van der Waals surface area (Å²) in [4.78, 5) is 6.37. The summed E-state index contributed by atoms with van der Waals surface area (Å²) in [5.74, 6) is 0. The number of hydrogen-bond acceptors (Lipinski definition) is 4. The van der Waals surface area contributed by atoms with Gasteiger partial charge in [0.15, 0.2) is 0 Å². The maximum Gasteiger partial charge on any atom is 0.0752 e. The number of nitrogens with one attached hydrogen (secondary N) is 1. The smallest absolute Gasteiger partial charge is 0.0752 e. The van der Waals surface area contributed by atoms with Crippen molar-refractivity contribution in [2.75, 3.05) is 31.2 Å². The van der Waals surface area contributed by atoms with Crippen LogP contribution in [0.25, 0.3) is 0 Å². The molecular formula is C11H17BrN4. The van der Waals surface area contributed by atoms with Crippen LogP contribution in [0.2, 0.25) is 0 Å². The molecule has 0 aliphatic carbocycles. The number of likely N-dealkylation sites (N-methyl/N-ethyl adjacent to an activating group) is 1. The zero-order chi connectivity index (χ0) is 11.5. The lowest BCUT2D eigenvalue weighted by Gasteiger charge is -2.31. The van der Waals surface area contributed by atoms with E-state index in [2.05, 4.69) is 38.2 Å². The number of aromatic nitrogens is 1. The summed E-state index contributed by atoms with van der Waals surface area (Å²) in [7, 11) is 2.15. The van der Waals surface area contributed by atoms with Crippen LogP contribution in [0.1, 0.15) is 12.8 Å². The fourth-order valence-corrected chi connectivity index (χ4v) is 2.55. The van der Waals surface area contributed by atoms with E-state index in [-0.39, 0.29) is 0 Å². The highest BCUT2D eigenvalue weighted by molar-refractivity contribution is 9.10. The van der Waals surface area contributed by atoms with E-state index in [0.717, 1.165) is 16.7 Å². The molecule has 0 radical (unpaired) electrons. The number of nitrogens with zero attached hydrogens (tertiary/aromatic N) is 2. The molecule has 2 rings (SSSR count). The number of likely N-dealkylation sites (tertiary alicyclic amines) is 1. The summed E-state index contributed by atoms with van der Waals surface area (Å²) in [6.07, 6.45) is 5.88. The molecule has 4 nitrogen and oxygen atoms in total. The van der Waals surface area contributed by atoms with Crippen LogP contribution in [0, 0.1) is 0 Å². The van der Waals surface area contributed by atoms with Gasteiger partial charge < -0.3 is 16.0 Å². The standard InChI is InChI=1S/C11H17BrN4/c1-16-4-2-3-8(7-16)15-11-9(12)5-14-6-10(11)13/h5-6,8H,2-4,7,13H2,1H3,(H,14,15). The number of nitrogen functional groups attached to an aromatic ring is 1. The zero-order valence-corrected chi connectivity index (χ0v) is 11.0. The molecule has 2 heterocycles. The SMILES string of the molecule is CN1CCCC(Nc2c(N)cncc2Br)C1. The van der Waals surface area contributed by atoms with Crippen LogP contribution in [-0.4, -0.2) is 36.1 Å². The molecule has 1 aliphatic heterocycles. The highest BCUT2D eigenvalue weighted by Gasteiger charge is 2.18. The molecular weight excluding hydrogens is 268 g/mol. The second-order valence-corrected chi connectivity index (χ2v) is 5.19. The molecule has 1 fully saturated rings. The molecule has 3 N–H and O–H groups in total. The van der Waals surface area contributed by atoms with Crippen LogP contribution < -0.4 is 11.1 Å². The van der Waals surface area contributed by atoms with Crippen LogP contribution in [0.15, 0.2) is 16.9 Å². The molecule has 88 valence electrons. The van der Waals surface area contributed by atoms with Crippen LogP contribution in [0.4, 0.5) is 11.4 Å². The largest absolute Gasteiger partial charge is 0.396 e. The summed E-state index contributed by atoms with van der Waals surface area (Å²) >= 11 is 3.47. The minimum absolute atomic E-state index is 0.472. The molecule has 1 aliphatic rings. The Morgan fingerprint density at radius 2 is 2.38 bits per heavy atom. The van der Waals surface area contributed by atoms with E-state index in [1.807, 2.05) is 0 Å². The highest BCUT2D eigenvalue weighted by atomic mass is 79.9. The van der Waals surface area contributed by atoms with Crippen molar-refractivity contribution in [1.82, 2.24) is 9.88 Å². The van der Waals surface area contributed by atoms with E-state index in [9.17, 15) is 0 Å². The van der Waals surface area contributed by atoms with Gasteiger partial charge in [0.25, 0.3) is 0 Å². The van der Waals surface area contributed by atoms with Gasteiger partial charge in [-0.1, -0.05) is 0 Å². The monoisotopic (exact) mass is 284 g/mol. The Kier molecular flexibility index (Phi) is 3.66. The predicted octanol–water partition coefficient (Wildman–Crippen LogP) is 1.93. The van der Waals surface area contributed by atoms with Crippen molar-refractivity contribution < 1.29 is 0 Å². The third-order valence-corrected chi connectivity index (χ3v) is 3.50. The average Bonchev–Trinajstić information content (AvgIpc) is 2.24. The van der Waals surface area contributed by atoms with Crippen molar-refractivity contribution in [2.24, 2.45) is 0 Å². The van der Waals surface area contributed by atoms with Gasteiger partial charge in [0, 0.05) is 18.8 Å². The van der Waals surface area contributed by atoms with Crippen molar-refractivity contribution in [2.45, 2.75) is 18.9 Å². The highest BCUT2D eigenvalue weighted by Crippen LogP contribution is 2.28. The first-order valence-electron chi connectivity index (χ1n) is 5.51. The molecule has 0 bridgehead atoms. The summed E-state index contributed by atoms with van der Waals surface area (Å²) < 4.78 is 0.931. The van der Waals surface area contributed by atoms with Gasteiger partial charge in [-0.05, 0) is 42.4 Å². The van der Waals surface area contributed by atoms with E-state index < -0.39 is 0 Å².